The summed E-state index contributed by atoms with van der Waals surface area (Å²) in [6, 6.07) is 4.27. The van der Waals surface area contributed by atoms with Crippen LogP contribution in [0.15, 0.2) is 18.2 Å². The highest BCUT2D eigenvalue weighted by Gasteiger charge is 2.24. The van der Waals surface area contributed by atoms with Crippen molar-refractivity contribution in [2.75, 3.05) is 31.5 Å². The van der Waals surface area contributed by atoms with Crippen molar-refractivity contribution in [3.63, 3.8) is 0 Å². The van der Waals surface area contributed by atoms with Crippen molar-refractivity contribution in [2.24, 2.45) is 0 Å². The van der Waals surface area contributed by atoms with E-state index in [1.54, 1.807) is 22.8 Å². The number of benzene rings is 1. The van der Waals surface area contributed by atoms with Gasteiger partial charge in [0, 0.05) is 45.2 Å². The van der Waals surface area contributed by atoms with E-state index in [4.69, 9.17) is 4.74 Å². The first-order chi connectivity index (χ1) is 13.7. The number of halogens is 1. The molecule has 1 aliphatic rings. The van der Waals surface area contributed by atoms with Gasteiger partial charge in [0.25, 0.3) is 5.91 Å². The molecule has 1 heterocycles. The minimum Gasteiger partial charge on any atom is -0.453 e. The van der Waals surface area contributed by atoms with Crippen LogP contribution in [0.1, 0.15) is 32.3 Å². The van der Waals surface area contributed by atoms with E-state index in [1.165, 1.54) is 26.0 Å². The van der Waals surface area contributed by atoms with Crippen LogP contribution in [-0.4, -0.2) is 65.8 Å². The van der Waals surface area contributed by atoms with Crippen LogP contribution in [0.2, 0.25) is 0 Å². The number of nitrogens with one attached hydrogen (secondary N) is 1. The van der Waals surface area contributed by atoms with Gasteiger partial charge in [0.15, 0.2) is 6.10 Å². The zero-order chi connectivity index (χ0) is 21.6. The first-order valence-corrected chi connectivity index (χ1v) is 9.47. The van der Waals surface area contributed by atoms with Crippen molar-refractivity contribution in [2.45, 2.75) is 39.7 Å². The van der Waals surface area contributed by atoms with Gasteiger partial charge in [-0.05, 0) is 31.5 Å². The number of aryl methyl sites for hydroxylation is 1. The van der Waals surface area contributed by atoms with E-state index < -0.39 is 23.8 Å². The molecular weight excluding hydrogens is 381 g/mol. The van der Waals surface area contributed by atoms with Gasteiger partial charge in [-0.2, -0.15) is 0 Å². The molecule has 3 amide bonds. The molecule has 0 saturated carbocycles. The van der Waals surface area contributed by atoms with Crippen LogP contribution in [0.5, 0.6) is 0 Å². The van der Waals surface area contributed by atoms with E-state index in [-0.39, 0.29) is 30.3 Å². The number of esters is 1. The average molecular weight is 407 g/mol. The Morgan fingerprint density at radius 2 is 1.72 bits per heavy atom. The van der Waals surface area contributed by atoms with Crippen LogP contribution in [-0.2, 0) is 23.9 Å². The summed E-state index contributed by atoms with van der Waals surface area (Å²) < 4.78 is 18.6. The Morgan fingerprint density at radius 3 is 2.31 bits per heavy atom. The third-order valence-electron chi connectivity index (χ3n) is 4.74. The number of anilines is 1. The number of amides is 3. The van der Waals surface area contributed by atoms with Gasteiger partial charge in [-0.1, -0.05) is 6.07 Å². The second-order valence-electron chi connectivity index (χ2n) is 6.97. The van der Waals surface area contributed by atoms with Crippen molar-refractivity contribution in [3.8, 4) is 0 Å². The number of piperazine rings is 1. The van der Waals surface area contributed by atoms with Crippen LogP contribution < -0.4 is 5.32 Å². The fourth-order valence-electron chi connectivity index (χ4n) is 2.86. The summed E-state index contributed by atoms with van der Waals surface area (Å²) in [7, 11) is 0. The summed E-state index contributed by atoms with van der Waals surface area (Å²) >= 11 is 0. The Morgan fingerprint density at radius 1 is 1.10 bits per heavy atom. The zero-order valence-corrected chi connectivity index (χ0v) is 16.9. The smallest absolute Gasteiger partial charge is 0.307 e. The minimum absolute atomic E-state index is 0.0266. The number of carbonyl (C=O) groups is 4. The van der Waals surface area contributed by atoms with Gasteiger partial charge in [0.05, 0.1) is 6.42 Å². The molecule has 8 nitrogen and oxygen atoms in total. The summed E-state index contributed by atoms with van der Waals surface area (Å²) in [5.74, 6) is -1.93. The Balaban J connectivity index is 1.73. The number of ether oxygens (including phenoxy) is 1. The SMILES string of the molecule is CC(=O)N1CCN(C(=O)CCC(=O)O[C@H](C)C(=O)Nc2ccc(C)c(F)c2)CC1. The second-order valence-corrected chi connectivity index (χ2v) is 6.97. The number of hydrogen-bond acceptors (Lipinski definition) is 5. The average Bonchev–Trinajstić information content (AvgIpc) is 2.68. The lowest BCUT2D eigenvalue weighted by Gasteiger charge is -2.34. The summed E-state index contributed by atoms with van der Waals surface area (Å²) in [5.41, 5.74) is 0.718. The molecule has 0 spiro atoms. The molecule has 158 valence electrons. The van der Waals surface area contributed by atoms with Gasteiger partial charge in [0.2, 0.25) is 11.8 Å². The Bertz CT molecular complexity index is 790. The van der Waals surface area contributed by atoms with Gasteiger partial charge in [0.1, 0.15) is 5.82 Å². The van der Waals surface area contributed by atoms with Gasteiger partial charge < -0.3 is 19.9 Å². The van der Waals surface area contributed by atoms with Crippen LogP contribution in [0, 0.1) is 12.7 Å². The van der Waals surface area contributed by atoms with E-state index in [0.717, 1.165) is 0 Å². The molecule has 1 aromatic rings. The van der Waals surface area contributed by atoms with E-state index >= 15 is 0 Å². The quantitative estimate of drug-likeness (QED) is 0.721. The molecule has 0 aromatic heterocycles. The fourth-order valence-corrected chi connectivity index (χ4v) is 2.86. The Kier molecular flexibility index (Phi) is 7.69. The first kappa shape index (κ1) is 22.3. The van der Waals surface area contributed by atoms with Crippen molar-refractivity contribution in [1.29, 1.82) is 0 Å². The third-order valence-corrected chi connectivity index (χ3v) is 4.74. The molecular formula is C20H26FN3O5. The topological polar surface area (TPSA) is 96.0 Å². The standard InChI is InChI=1S/C20H26FN3O5/c1-13-4-5-16(12-17(13)21)22-20(28)14(2)29-19(27)7-6-18(26)24-10-8-23(9-11-24)15(3)25/h4-5,12,14H,6-11H2,1-3H3,(H,22,28)/t14-/m1/s1. The highest BCUT2D eigenvalue weighted by molar-refractivity contribution is 5.95. The molecule has 0 unspecified atom stereocenters. The Labute approximate surface area is 169 Å². The van der Waals surface area contributed by atoms with Crippen molar-refractivity contribution in [1.82, 2.24) is 9.80 Å². The fraction of sp³-hybridized carbons (Fsp3) is 0.500. The predicted octanol–water partition coefficient (Wildman–Crippen LogP) is 1.48. The van der Waals surface area contributed by atoms with Crippen molar-refractivity contribution in [3.05, 3.63) is 29.6 Å². The second kappa shape index (κ2) is 9.99. The Hall–Kier alpha value is -2.97. The monoisotopic (exact) mass is 407 g/mol. The van der Waals surface area contributed by atoms with Crippen LogP contribution in [0.4, 0.5) is 10.1 Å². The van der Waals surface area contributed by atoms with E-state index in [9.17, 15) is 23.6 Å². The summed E-state index contributed by atoms with van der Waals surface area (Å²) in [5, 5.41) is 2.48. The van der Waals surface area contributed by atoms with E-state index in [1.807, 2.05) is 0 Å². The van der Waals surface area contributed by atoms with Gasteiger partial charge in [-0.25, -0.2) is 4.39 Å². The maximum Gasteiger partial charge on any atom is 0.307 e. The van der Waals surface area contributed by atoms with Gasteiger partial charge in [-0.3, -0.25) is 19.2 Å². The molecule has 1 fully saturated rings. The highest BCUT2D eigenvalue weighted by atomic mass is 19.1. The lowest BCUT2D eigenvalue weighted by molar-refractivity contribution is -0.154. The largest absolute Gasteiger partial charge is 0.453 e. The van der Waals surface area contributed by atoms with Gasteiger partial charge >= 0.3 is 5.97 Å². The van der Waals surface area contributed by atoms with E-state index in [0.29, 0.717) is 31.7 Å². The molecule has 1 aliphatic heterocycles. The van der Waals surface area contributed by atoms with E-state index in [2.05, 4.69) is 5.32 Å². The normalized spacial score (nSPS) is 14.9. The lowest BCUT2D eigenvalue weighted by atomic mass is 10.2. The highest BCUT2D eigenvalue weighted by Crippen LogP contribution is 2.14. The molecule has 1 atom stereocenters. The number of rotatable bonds is 6. The number of carbonyl (C=O) groups excluding carboxylic acids is 4. The lowest BCUT2D eigenvalue weighted by Crippen LogP contribution is -2.50. The minimum atomic E-state index is -1.08. The maximum atomic E-state index is 13.5. The maximum absolute atomic E-state index is 13.5. The molecule has 0 radical (unpaired) electrons. The molecule has 2 rings (SSSR count). The number of hydrogen-bond donors (Lipinski definition) is 1. The predicted molar refractivity (Wildman–Crippen MR) is 103 cm³/mol. The molecule has 0 bridgehead atoms. The number of nitrogens with zero attached hydrogens (tertiary/aromatic N) is 2. The molecule has 9 heteroatoms. The summed E-state index contributed by atoms with van der Waals surface area (Å²) in [6.45, 7) is 6.31. The summed E-state index contributed by atoms with van der Waals surface area (Å²) in [4.78, 5) is 50.8. The van der Waals surface area contributed by atoms with Crippen LogP contribution in [0.3, 0.4) is 0 Å². The molecule has 1 saturated heterocycles. The van der Waals surface area contributed by atoms with Crippen LogP contribution in [0.25, 0.3) is 0 Å². The first-order valence-electron chi connectivity index (χ1n) is 9.47. The molecule has 29 heavy (non-hydrogen) atoms. The molecule has 0 aliphatic carbocycles. The third kappa shape index (κ3) is 6.55. The summed E-state index contributed by atoms with van der Waals surface area (Å²) in [6.07, 6.45) is -1.26. The van der Waals surface area contributed by atoms with Crippen LogP contribution >= 0.6 is 0 Å². The zero-order valence-electron chi connectivity index (χ0n) is 16.9. The molecule has 1 N–H and O–H groups in total. The van der Waals surface area contributed by atoms with Crippen molar-refractivity contribution >= 4 is 29.4 Å². The van der Waals surface area contributed by atoms with Crippen molar-refractivity contribution < 1.29 is 28.3 Å². The molecule has 1 aromatic carbocycles. The van der Waals surface area contributed by atoms with Gasteiger partial charge in [-0.15, -0.1) is 0 Å².